The Balaban J connectivity index is 1.87. The molecule has 2 atom stereocenters. The predicted molar refractivity (Wildman–Crippen MR) is 126 cm³/mol. The van der Waals surface area contributed by atoms with Crippen LogP contribution >= 0.6 is 23.2 Å². The number of phenolic OH excluding ortho intramolecular Hbond substituents is 1. The van der Waals surface area contributed by atoms with Gasteiger partial charge in [-0.3, -0.25) is 9.59 Å². The largest absolute Gasteiger partial charge is 0.507 e. The van der Waals surface area contributed by atoms with Crippen molar-refractivity contribution in [1.29, 1.82) is 0 Å². The van der Waals surface area contributed by atoms with Crippen molar-refractivity contribution in [3.05, 3.63) is 57.1 Å². The van der Waals surface area contributed by atoms with Crippen LogP contribution in [0.25, 0.3) is 5.76 Å². The molecule has 2 aromatic rings. The summed E-state index contributed by atoms with van der Waals surface area (Å²) in [6.07, 6.45) is 1.36. The molecule has 0 bridgehead atoms. The Labute approximate surface area is 206 Å². The summed E-state index contributed by atoms with van der Waals surface area (Å²) in [5, 5.41) is 21.8. The van der Waals surface area contributed by atoms with Crippen molar-refractivity contribution in [3.63, 3.8) is 0 Å². The molecule has 0 spiro atoms. The van der Waals surface area contributed by atoms with Gasteiger partial charge < -0.3 is 29.3 Å². The second-order valence-corrected chi connectivity index (χ2v) is 8.81. The molecule has 0 aliphatic carbocycles. The van der Waals surface area contributed by atoms with Gasteiger partial charge in [-0.05, 0) is 42.7 Å². The Morgan fingerprint density at radius 1 is 1.15 bits per heavy atom. The quantitative estimate of drug-likeness (QED) is 0.340. The Bertz CT molecular complexity index is 1150. The number of likely N-dealkylation sites (tertiary alicyclic amines) is 1. The van der Waals surface area contributed by atoms with Gasteiger partial charge in [-0.1, -0.05) is 29.3 Å². The molecule has 2 fully saturated rings. The van der Waals surface area contributed by atoms with Crippen molar-refractivity contribution in [2.24, 2.45) is 0 Å². The molecule has 2 unspecified atom stereocenters. The van der Waals surface area contributed by atoms with Gasteiger partial charge in [0.2, 0.25) is 0 Å². The minimum atomic E-state index is -0.972. The van der Waals surface area contributed by atoms with Gasteiger partial charge in [0, 0.05) is 18.7 Å². The van der Waals surface area contributed by atoms with Crippen LogP contribution in [0.3, 0.4) is 0 Å². The third kappa shape index (κ3) is 4.29. The first kappa shape index (κ1) is 24.2. The summed E-state index contributed by atoms with van der Waals surface area (Å²) in [6, 6.07) is 6.38. The fourth-order valence-corrected chi connectivity index (χ4v) is 4.99. The third-order valence-corrected chi connectivity index (χ3v) is 6.52. The van der Waals surface area contributed by atoms with Crippen molar-refractivity contribution in [3.8, 4) is 17.2 Å². The topological polar surface area (TPSA) is 106 Å². The molecule has 2 saturated heterocycles. The summed E-state index contributed by atoms with van der Waals surface area (Å²) in [6.45, 7) is 0.731. The molecule has 0 aromatic heterocycles. The molecule has 2 heterocycles. The van der Waals surface area contributed by atoms with E-state index in [0.29, 0.717) is 12.2 Å². The minimum absolute atomic E-state index is 0.128. The van der Waals surface area contributed by atoms with Crippen molar-refractivity contribution in [2.75, 3.05) is 27.4 Å². The maximum Gasteiger partial charge on any atom is 0.295 e. The van der Waals surface area contributed by atoms with Gasteiger partial charge in [-0.25, -0.2) is 0 Å². The number of ether oxygens (including phenoxy) is 3. The van der Waals surface area contributed by atoms with E-state index in [1.54, 1.807) is 6.07 Å². The minimum Gasteiger partial charge on any atom is -0.507 e. The van der Waals surface area contributed by atoms with E-state index in [4.69, 9.17) is 37.4 Å². The highest BCUT2D eigenvalue weighted by Crippen LogP contribution is 2.43. The van der Waals surface area contributed by atoms with Gasteiger partial charge in [0.1, 0.15) is 5.76 Å². The number of phenols is 1. The van der Waals surface area contributed by atoms with Crippen LogP contribution in [0.5, 0.6) is 17.2 Å². The highest BCUT2D eigenvalue weighted by atomic mass is 35.5. The summed E-state index contributed by atoms with van der Waals surface area (Å²) in [7, 11) is 2.81. The SMILES string of the molecule is COc1ccc(C2/C(=C(\O)c3cc(Cl)c(OC)c(Cl)c3)C(=O)C(=O)N2CC2CCCO2)cc1O. The summed E-state index contributed by atoms with van der Waals surface area (Å²) in [4.78, 5) is 27.6. The molecule has 2 aromatic carbocycles. The normalized spacial score (nSPS) is 21.8. The fraction of sp³-hybridized carbons (Fsp3) is 0.333. The number of aliphatic hydroxyl groups is 1. The van der Waals surface area contributed by atoms with Crippen LogP contribution in [0.15, 0.2) is 35.9 Å². The van der Waals surface area contributed by atoms with Crippen LogP contribution in [-0.4, -0.2) is 60.3 Å². The number of carbonyl (C=O) groups is 2. The summed E-state index contributed by atoms with van der Waals surface area (Å²) < 4.78 is 15.9. The number of benzene rings is 2. The smallest absolute Gasteiger partial charge is 0.295 e. The van der Waals surface area contributed by atoms with Crippen LogP contribution < -0.4 is 9.47 Å². The molecular weight excluding hydrogens is 485 g/mol. The Morgan fingerprint density at radius 2 is 1.85 bits per heavy atom. The molecule has 1 amide bonds. The summed E-state index contributed by atoms with van der Waals surface area (Å²) in [5.74, 6) is -1.80. The molecule has 4 rings (SSSR count). The standard InChI is InChI=1S/C24H23Cl2NO7/c1-32-18-6-5-12(10-17(18)28)20-19(21(29)13-8-15(25)23(33-2)16(26)9-13)22(30)24(31)27(20)11-14-4-3-7-34-14/h5-6,8-10,14,20,28-29H,3-4,7,11H2,1-2H3/b21-19+. The van der Waals surface area contributed by atoms with Gasteiger partial charge in [0.15, 0.2) is 17.2 Å². The zero-order valence-corrected chi connectivity index (χ0v) is 20.0. The number of rotatable bonds is 6. The lowest BCUT2D eigenvalue weighted by Crippen LogP contribution is -2.36. The van der Waals surface area contributed by atoms with E-state index >= 15 is 0 Å². The lowest BCUT2D eigenvalue weighted by molar-refractivity contribution is -0.140. The van der Waals surface area contributed by atoms with Crippen LogP contribution in [-0.2, 0) is 14.3 Å². The fourth-order valence-electron chi connectivity index (χ4n) is 4.35. The van der Waals surface area contributed by atoms with Crippen LogP contribution in [0.1, 0.15) is 30.0 Å². The molecule has 180 valence electrons. The summed E-state index contributed by atoms with van der Waals surface area (Å²) >= 11 is 12.5. The number of nitrogens with zero attached hydrogens (tertiary/aromatic N) is 1. The highest BCUT2D eigenvalue weighted by molar-refractivity contribution is 6.46. The van der Waals surface area contributed by atoms with Crippen molar-refractivity contribution in [1.82, 2.24) is 4.90 Å². The lowest BCUT2D eigenvalue weighted by Gasteiger charge is -2.27. The second-order valence-electron chi connectivity index (χ2n) is 7.99. The molecule has 8 nitrogen and oxygen atoms in total. The van der Waals surface area contributed by atoms with Crippen molar-refractivity contribution < 1.29 is 34.0 Å². The van der Waals surface area contributed by atoms with Gasteiger partial charge in [-0.15, -0.1) is 0 Å². The van der Waals surface area contributed by atoms with E-state index in [0.717, 1.165) is 12.8 Å². The van der Waals surface area contributed by atoms with Crippen molar-refractivity contribution in [2.45, 2.75) is 25.0 Å². The van der Waals surface area contributed by atoms with Gasteiger partial charge >= 0.3 is 0 Å². The zero-order valence-electron chi connectivity index (χ0n) is 18.5. The third-order valence-electron chi connectivity index (χ3n) is 5.96. The number of methoxy groups -OCH3 is 2. The Morgan fingerprint density at radius 3 is 2.41 bits per heavy atom. The number of hydrogen-bond acceptors (Lipinski definition) is 7. The summed E-state index contributed by atoms with van der Waals surface area (Å²) in [5.41, 5.74) is 0.418. The molecule has 10 heteroatoms. The Hall–Kier alpha value is -2.94. The Kier molecular flexibility index (Phi) is 6.93. The first-order valence-corrected chi connectivity index (χ1v) is 11.3. The van der Waals surface area contributed by atoms with E-state index < -0.39 is 23.5 Å². The monoisotopic (exact) mass is 507 g/mol. The molecule has 2 N–H and O–H groups in total. The first-order chi connectivity index (χ1) is 16.3. The number of Topliss-reactive ketones (excluding diaryl/α,β-unsaturated/α-hetero) is 1. The van der Waals surface area contributed by atoms with Gasteiger partial charge in [0.25, 0.3) is 11.7 Å². The number of aliphatic hydroxyl groups excluding tert-OH is 1. The van der Waals surface area contributed by atoms with E-state index in [2.05, 4.69) is 0 Å². The molecule has 2 aliphatic rings. The molecule has 0 radical (unpaired) electrons. The lowest BCUT2D eigenvalue weighted by atomic mass is 9.94. The molecule has 0 saturated carbocycles. The first-order valence-electron chi connectivity index (χ1n) is 10.6. The number of halogens is 2. The van der Waals surface area contributed by atoms with E-state index in [1.165, 1.54) is 43.4 Å². The number of amides is 1. The van der Waals surface area contributed by atoms with Gasteiger partial charge in [-0.2, -0.15) is 0 Å². The molecule has 2 aliphatic heterocycles. The van der Waals surface area contributed by atoms with E-state index in [-0.39, 0.29) is 51.1 Å². The van der Waals surface area contributed by atoms with E-state index in [9.17, 15) is 19.8 Å². The maximum atomic E-state index is 13.2. The average Bonchev–Trinajstić information content (AvgIpc) is 3.40. The van der Waals surface area contributed by atoms with Gasteiger partial charge in [0.05, 0.1) is 42.0 Å². The second kappa shape index (κ2) is 9.74. The number of ketones is 1. The number of hydrogen-bond donors (Lipinski definition) is 2. The van der Waals surface area contributed by atoms with Crippen LogP contribution in [0.2, 0.25) is 10.0 Å². The molecular formula is C24H23Cl2NO7. The number of aromatic hydroxyl groups is 1. The maximum absolute atomic E-state index is 13.2. The van der Waals surface area contributed by atoms with Crippen molar-refractivity contribution >= 4 is 40.7 Å². The molecule has 34 heavy (non-hydrogen) atoms. The zero-order chi connectivity index (χ0) is 24.6. The number of carbonyl (C=O) groups excluding carboxylic acids is 2. The van der Waals surface area contributed by atoms with Crippen LogP contribution in [0.4, 0.5) is 0 Å². The highest BCUT2D eigenvalue weighted by Gasteiger charge is 2.47. The van der Waals surface area contributed by atoms with Crippen LogP contribution in [0, 0.1) is 0 Å². The van der Waals surface area contributed by atoms with E-state index in [1.807, 2.05) is 0 Å². The average molecular weight is 508 g/mol. The predicted octanol–water partition coefficient (Wildman–Crippen LogP) is 4.32.